The standard InChI is InChI=1S/C10H14BrNO2S/c1-14-5-3-2-4-12-10(13)8-6-9(11)15-7-8/h6-7H,2-5H2,1H3,(H,12,13). The molecule has 0 atom stereocenters. The summed E-state index contributed by atoms with van der Waals surface area (Å²) in [4.78, 5) is 11.5. The molecule has 0 radical (unpaired) electrons. The summed E-state index contributed by atoms with van der Waals surface area (Å²) in [5.41, 5.74) is 0.721. The molecule has 3 nitrogen and oxygen atoms in total. The first kappa shape index (κ1) is 12.7. The van der Waals surface area contributed by atoms with Crippen molar-refractivity contribution in [3.05, 3.63) is 20.8 Å². The summed E-state index contributed by atoms with van der Waals surface area (Å²) in [5, 5.41) is 4.70. The molecule has 0 saturated carbocycles. The summed E-state index contributed by atoms with van der Waals surface area (Å²) in [6.07, 6.45) is 1.93. The third-order valence-electron chi connectivity index (χ3n) is 1.89. The van der Waals surface area contributed by atoms with E-state index in [0.717, 1.165) is 28.8 Å². The highest BCUT2D eigenvalue weighted by atomic mass is 79.9. The van der Waals surface area contributed by atoms with Crippen molar-refractivity contribution in [1.29, 1.82) is 0 Å². The van der Waals surface area contributed by atoms with Crippen LogP contribution in [0.25, 0.3) is 0 Å². The van der Waals surface area contributed by atoms with Crippen molar-refractivity contribution in [1.82, 2.24) is 5.32 Å². The van der Waals surface area contributed by atoms with E-state index in [9.17, 15) is 4.79 Å². The third kappa shape index (κ3) is 4.77. The molecule has 1 N–H and O–H groups in total. The second-order valence-corrected chi connectivity index (χ2v) is 5.39. The van der Waals surface area contributed by atoms with Gasteiger partial charge in [0.2, 0.25) is 0 Å². The summed E-state index contributed by atoms with van der Waals surface area (Å²) in [6, 6.07) is 1.83. The Morgan fingerprint density at radius 1 is 1.60 bits per heavy atom. The molecule has 0 saturated heterocycles. The maximum absolute atomic E-state index is 11.5. The number of amides is 1. The van der Waals surface area contributed by atoms with E-state index < -0.39 is 0 Å². The van der Waals surface area contributed by atoms with Gasteiger partial charge in [-0.3, -0.25) is 4.79 Å². The van der Waals surface area contributed by atoms with E-state index in [2.05, 4.69) is 21.2 Å². The number of carbonyl (C=O) groups excluding carboxylic acids is 1. The lowest BCUT2D eigenvalue weighted by Crippen LogP contribution is -2.24. The average molecular weight is 292 g/mol. The van der Waals surface area contributed by atoms with Gasteiger partial charge in [-0.15, -0.1) is 11.3 Å². The van der Waals surface area contributed by atoms with Crippen molar-refractivity contribution in [2.75, 3.05) is 20.3 Å². The summed E-state index contributed by atoms with van der Waals surface area (Å²) in [6.45, 7) is 1.45. The Morgan fingerprint density at radius 2 is 2.40 bits per heavy atom. The van der Waals surface area contributed by atoms with Gasteiger partial charge in [-0.25, -0.2) is 0 Å². The third-order valence-corrected chi connectivity index (χ3v) is 3.39. The SMILES string of the molecule is COCCCCNC(=O)c1csc(Br)c1. The van der Waals surface area contributed by atoms with Crippen molar-refractivity contribution in [3.63, 3.8) is 0 Å². The molecule has 1 heterocycles. The van der Waals surface area contributed by atoms with E-state index in [1.165, 1.54) is 11.3 Å². The molecular weight excluding hydrogens is 278 g/mol. The molecule has 15 heavy (non-hydrogen) atoms. The predicted molar refractivity (Wildman–Crippen MR) is 65.5 cm³/mol. The lowest BCUT2D eigenvalue weighted by Gasteiger charge is -2.02. The van der Waals surface area contributed by atoms with Gasteiger partial charge in [0, 0.05) is 25.6 Å². The average Bonchev–Trinajstić information content (AvgIpc) is 2.64. The van der Waals surface area contributed by atoms with Crippen LogP contribution in [0.1, 0.15) is 23.2 Å². The predicted octanol–water partition coefficient (Wildman–Crippen LogP) is 2.67. The second-order valence-electron chi connectivity index (χ2n) is 3.10. The molecule has 0 aliphatic carbocycles. The summed E-state index contributed by atoms with van der Waals surface area (Å²) < 4.78 is 5.90. The topological polar surface area (TPSA) is 38.3 Å². The fourth-order valence-corrected chi connectivity index (χ4v) is 2.24. The summed E-state index contributed by atoms with van der Waals surface area (Å²) >= 11 is 4.84. The van der Waals surface area contributed by atoms with E-state index in [-0.39, 0.29) is 5.91 Å². The lowest BCUT2D eigenvalue weighted by atomic mass is 10.3. The Kier molecular flexibility index (Phi) is 5.90. The first-order valence-electron chi connectivity index (χ1n) is 4.75. The number of nitrogens with one attached hydrogen (secondary N) is 1. The zero-order chi connectivity index (χ0) is 11.1. The highest BCUT2D eigenvalue weighted by Gasteiger charge is 2.06. The maximum atomic E-state index is 11.5. The first-order chi connectivity index (χ1) is 7.24. The molecule has 1 aromatic heterocycles. The molecule has 1 rings (SSSR count). The van der Waals surface area contributed by atoms with Crippen LogP contribution in [-0.2, 0) is 4.74 Å². The molecule has 5 heteroatoms. The van der Waals surface area contributed by atoms with Gasteiger partial charge in [0.15, 0.2) is 0 Å². The minimum absolute atomic E-state index is 0.00522. The fourth-order valence-electron chi connectivity index (χ4n) is 1.10. The number of thiophene rings is 1. The molecule has 1 amide bonds. The van der Waals surface area contributed by atoms with Gasteiger partial charge in [-0.2, -0.15) is 0 Å². The van der Waals surface area contributed by atoms with Gasteiger partial charge in [-0.1, -0.05) is 0 Å². The van der Waals surface area contributed by atoms with Crippen LogP contribution in [0.4, 0.5) is 0 Å². The molecule has 0 bridgehead atoms. The Labute approximate surface area is 102 Å². The van der Waals surface area contributed by atoms with E-state index in [1.807, 2.05) is 11.4 Å². The number of carbonyl (C=O) groups is 1. The van der Waals surface area contributed by atoms with Crippen LogP contribution in [0.2, 0.25) is 0 Å². The Morgan fingerprint density at radius 3 is 3.00 bits per heavy atom. The van der Waals surface area contributed by atoms with Crippen LogP contribution in [0.15, 0.2) is 15.2 Å². The number of halogens is 1. The first-order valence-corrected chi connectivity index (χ1v) is 6.42. The number of unbranched alkanes of at least 4 members (excludes halogenated alkanes) is 1. The monoisotopic (exact) mass is 291 g/mol. The molecule has 1 aromatic rings. The Hall–Kier alpha value is -0.390. The van der Waals surface area contributed by atoms with Gasteiger partial charge in [0.25, 0.3) is 5.91 Å². The molecule has 0 fully saturated rings. The van der Waals surface area contributed by atoms with Crippen LogP contribution in [0.3, 0.4) is 0 Å². The number of ether oxygens (including phenoxy) is 1. The number of hydrogen-bond acceptors (Lipinski definition) is 3. The van der Waals surface area contributed by atoms with Crippen molar-refractivity contribution < 1.29 is 9.53 Å². The zero-order valence-corrected chi connectivity index (χ0v) is 11.0. The number of rotatable bonds is 6. The maximum Gasteiger partial charge on any atom is 0.252 e. The van der Waals surface area contributed by atoms with Crippen molar-refractivity contribution in [2.24, 2.45) is 0 Å². The minimum atomic E-state index is -0.00522. The molecule has 84 valence electrons. The van der Waals surface area contributed by atoms with Gasteiger partial charge in [0.05, 0.1) is 9.35 Å². The van der Waals surface area contributed by atoms with Crippen molar-refractivity contribution in [2.45, 2.75) is 12.8 Å². The van der Waals surface area contributed by atoms with Crippen molar-refractivity contribution in [3.8, 4) is 0 Å². The Bertz CT molecular complexity index is 314. The molecule has 0 aliphatic heterocycles. The quantitative estimate of drug-likeness (QED) is 0.819. The Balaban J connectivity index is 2.19. The smallest absolute Gasteiger partial charge is 0.252 e. The summed E-state index contributed by atoms with van der Waals surface area (Å²) in [5.74, 6) is -0.00522. The van der Waals surface area contributed by atoms with Crippen molar-refractivity contribution >= 4 is 33.2 Å². The van der Waals surface area contributed by atoms with E-state index in [4.69, 9.17) is 4.74 Å². The normalized spacial score (nSPS) is 10.3. The largest absolute Gasteiger partial charge is 0.385 e. The van der Waals surface area contributed by atoms with Gasteiger partial charge < -0.3 is 10.1 Å². The minimum Gasteiger partial charge on any atom is -0.385 e. The molecule has 0 aromatic carbocycles. The van der Waals surface area contributed by atoms with Gasteiger partial charge >= 0.3 is 0 Å². The molecule has 0 aliphatic rings. The van der Waals surface area contributed by atoms with Gasteiger partial charge in [-0.05, 0) is 34.8 Å². The molecular formula is C10H14BrNO2S. The van der Waals surface area contributed by atoms with Crippen LogP contribution >= 0.6 is 27.3 Å². The highest BCUT2D eigenvalue weighted by molar-refractivity contribution is 9.11. The van der Waals surface area contributed by atoms with E-state index in [1.54, 1.807) is 7.11 Å². The van der Waals surface area contributed by atoms with Crippen LogP contribution < -0.4 is 5.32 Å². The van der Waals surface area contributed by atoms with Gasteiger partial charge in [0.1, 0.15) is 0 Å². The fraction of sp³-hybridized carbons (Fsp3) is 0.500. The molecule has 0 spiro atoms. The number of hydrogen-bond donors (Lipinski definition) is 1. The highest BCUT2D eigenvalue weighted by Crippen LogP contribution is 2.20. The lowest BCUT2D eigenvalue weighted by molar-refractivity contribution is 0.0952. The van der Waals surface area contributed by atoms with Crippen LogP contribution in [-0.4, -0.2) is 26.2 Å². The number of methoxy groups -OCH3 is 1. The van der Waals surface area contributed by atoms with E-state index >= 15 is 0 Å². The summed E-state index contributed by atoms with van der Waals surface area (Å²) in [7, 11) is 1.68. The van der Waals surface area contributed by atoms with Crippen LogP contribution in [0, 0.1) is 0 Å². The zero-order valence-electron chi connectivity index (χ0n) is 8.59. The van der Waals surface area contributed by atoms with Crippen LogP contribution in [0.5, 0.6) is 0 Å². The van der Waals surface area contributed by atoms with E-state index in [0.29, 0.717) is 6.54 Å². The second kappa shape index (κ2) is 6.98. The molecule has 0 unspecified atom stereocenters.